The van der Waals surface area contributed by atoms with Crippen molar-refractivity contribution in [1.82, 2.24) is 9.88 Å². The Morgan fingerprint density at radius 3 is 2.36 bits per heavy atom. The van der Waals surface area contributed by atoms with Gasteiger partial charge in [-0.3, -0.25) is 4.79 Å². The van der Waals surface area contributed by atoms with Crippen molar-refractivity contribution in [3.63, 3.8) is 0 Å². The highest BCUT2D eigenvalue weighted by molar-refractivity contribution is 7.18. The van der Waals surface area contributed by atoms with E-state index in [9.17, 15) is 4.79 Å². The van der Waals surface area contributed by atoms with Gasteiger partial charge in [-0.1, -0.05) is 12.1 Å². The molecule has 3 rings (SSSR count). The normalized spacial score (nSPS) is 12.0. The molecule has 0 aliphatic rings. The SMILES string of the molecule is COc1cc(OC)cc(C(=O)N(C)[C@H](C)c2nc3ccccc3s2)c1. The first kappa shape index (κ1) is 17.2. The molecule has 130 valence electrons. The van der Waals surface area contributed by atoms with Crippen molar-refractivity contribution < 1.29 is 14.3 Å². The Hall–Kier alpha value is -2.60. The molecule has 0 fully saturated rings. The van der Waals surface area contributed by atoms with Gasteiger partial charge in [0.15, 0.2) is 0 Å². The van der Waals surface area contributed by atoms with Crippen molar-refractivity contribution in [1.29, 1.82) is 0 Å². The number of ether oxygens (including phenoxy) is 2. The van der Waals surface area contributed by atoms with Gasteiger partial charge in [0.25, 0.3) is 5.91 Å². The Balaban J connectivity index is 1.88. The Morgan fingerprint density at radius 1 is 1.12 bits per heavy atom. The van der Waals surface area contributed by atoms with E-state index in [-0.39, 0.29) is 11.9 Å². The van der Waals surface area contributed by atoms with Crippen LogP contribution in [0, 0.1) is 0 Å². The fourth-order valence-electron chi connectivity index (χ4n) is 2.54. The quantitative estimate of drug-likeness (QED) is 0.689. The molecule has 1 amide bonds. The van der Waals surface area contributed by atoms with E-state index in [1.807, 2.05) is 31.2 Å². The summed E-state index contributed by atoms with van der Waals surface area (Å²) < 4.78 is 11.6. The van der Waals surface area contributed by atoms with Crippen molar-refractivity contribution in [2.24, 2.45) is 0 Å². The molecule has 0 aliphatic carbocycles. The average Bonchev–Trinajstić information content (AvgIpc) is 3.09. The fraction of sp³-hybridized carbons (Fsp3) is 0.263. The largest absolute Gasteiger partial charge is 0.497 e. The van der Waals surface area contributed by atoms with Crippen molar-refractivity contribution in [3.8, 4) is 11.5 Å². The number of benzene rings is 2. The van der Waals surface area contributed by atoms with Gasteiger partial charge in [0, 0.05) is 18.7 Å². The maximum Gasteiger partial charge on any atom is 0.254 e. The zero-order valence-corrected chi connectivity index (χ0v) is 15.5. The number of fused-ring (bicyclic) bond motifs is 1. The van der Waals surface area contributed by atoms with E-state index >= 15 is 0 Å². The number of thiazole rings is 1. The summed E-state index contributed by atoms with van der Waals surface area (Å²) in [5, 5.41) is 0.909. The first-order chi connectivity index (χ1) is 12.0. The zero-order chi connectivity index (χ0) is 18.0. The highest BCUT2D eigenvalue weighted by Gasteiger charge is 2.22. The van der Waals surface area contributed by atoms with Crippen molar-refractivity contribution in [2.45, 2.75) is 13.0 Å². The average molecular weight is 356 g/mol. The summed E-state index contributed by atoms with van der Waals surface area (Å²) in [6.07, 6.45) is 0. The molecule has 0 spiro atoms. The van der Waals surface area contributed by atoms with Gasteiger partial charge in [0.1, 0.15) is 16.5 Å². The van der Waals surface area contributed by atoms with Gasteiger partial charge in [0.2, 0.25) is 0 Å². The van der Waals surface area contributed by atoms with Crippen molar-refractivity contribution in [2.75, 3.05) is 21.3 Å². The molecule has 0 unspecified atom stereocenters. The summed E-state index contributed by atoms with van der Waals surface area (Å²) in [7, 11) is 4.91. The molecule has 0 bridgehead atoms. The number of methoxy groups -OCH3 is 2. The van der Waals surface area contributed by atoms with Crippen LogP contribution in [0.2, 0.25) is 0 Å². The summed E-state index contributed by atoms with van der Waals surface area (Å²) in [5.74, 6) is 1.07. The maximum atomic E-state index is 12.9. The van der Waals surface area contributed by atoms with Crippen LogP contribution in [0.1, 0.15) is 28.3 Å². The molecule has 1 heterocycles. The molecule has 5 nitrogen and oxygen atoms in total. The Bertz CT molecular complexity index is 851. The Morgan fingerprint density at radius 2 is 1.76 bits per heavy atom. The second-order valence-electron chi connectivity index (χ2n) is 5.71. The fourth-order valence-corrected chi connectivity index (χ4v) is 3.61. The molecule has 0 saturated heterocycles. The second kappa shape index (κ2) is 7.11. The third kappa shape index (κ3) is 3.44. The first-order valence-corrected chi connectivity index (χ1v) is 8.71. The molecule has 6 heteroatoms. The molecule has 2 aromatic carbocycles. The minimum Gasteiger partial charge on any atom is -0.497 e. The molecular weight excluding hydrogens is 336 g/mol. The molecule has 1 aromatic heterocycles. The van der Waals surface area contributed by atoms with Gasteiger partial charge in [-0.05, 0) is 31.2 Å². The first-order valence-electron chi connectivity index (χ1n) is 7.89. The molecule has 0 radical (unpaired) electrons. The van der Waals surface area contributed by atoms with Crippen LogP contribution in [0.5, 0.6) is 11.5 Å². The molecule has 25 heavy (non-hydrogen) atoms. The number of hydrogen-bond donors (Lipinski definition) is 0. The zero-order valence-electron chi connectivity index (χ0n) is 14.6. The second-order valence-corrected chi connectivity index (χ2v) is 6.78. The van der Waals surface area contributed by atoms with E-state index in [0.29, 0.717) is 17.1 Å². The van der Waals surface area contributed by atoms with Crippen molar-refractivity contribution >= 4 is 27.5 Å². The number of nitrogens with zero attached hydrogens (tertiary/aromatic N) is 2. The predicted octanol–water partition coefficient (Wildman–Crippen LogP) is 4.15. The summed E-state index contributed by atoms with van der Waals surface area (Å²) in [5.41, 5.74) is 1.48. The van der Waals surface area contributed by atoms with E-state index in [4.69, 9.17) is 9.47 Å². The summed E-state index contributed by atoms with van der Waals surface area (Å²) in [4.78, 5) is 19.2. The minimum absolute atomic E-state index is 0.107. The van der Waals surface area contributed by atoms with Crippen LogP contribution < -0.4 is 9.47 Å². The lowest BCUT2D eigenvalue weighted by molar-refractivity contribution is 0.0742. The predicted molar refractivity (Wildman–Crippen MR) is 99.7 cm³/mol. The number of hydrogen-bond acceptors (Lipinski definition) is 5. The lowest BCUT2D eigenvalue weighted by atomic mass is 10.1. The van der Waals surface area contributed by atoms with Crippen LogP contribution in [0.4, 0.5) is 0 Å². The van der Waals surface area contributed by atoms with Gasteiger partial charge in [-0.15, -0.1) is 11.3 Å². The van der Waals surface area contributed by atoms with E-state index in [0.717, 1.165) is 15.2 Å². The standard InChI is InChI=1S/C19H20N2O3S/c1-12(18-20-16-7-5-6-8-17(16)25-18)21(2)19(22)13-9-14(23-3)11-15(10-13)24-4/h5-12H,1-4H3/t12-/m1/s1. The summed E-state index contributed by atoms with van der Waals surface area (Å²) in [6.45, 7) is 1.98. The molecule has 3 aromatic rings. The number of aromatic nitrogens is 1. The van der Waals surface area contributed by atoms with Gasteiger partial charge in [-0.25, -0.2) is 4.98 Å². The smallest absolute Gasteiger partial charge is 0.254 e. The molecule has 0 saturated carbocycles. The van der Waals surface area contributed by atoms with E-state index in [1.54, 1.807) is 55.7 Å². The van der Waals surface area contributed by atoms with Gasteiger partial charge >= 0.3 is 0 Å². The Kier molecular flexibility index (Phi) is 4.90. The third-order valence-corrected chi connectivity index (χ3v) is 5.37. The third-order valence-electron chi connectivity index (χ3n) is 4.17. The van der Waals surface area contributed by atoms with E-state index < -0.39 is 0 Å². The van der Waals surface area contributed by atoms with E-state index in [1.165, 1.54) is 0 Å². The number of rotatable bonds is 5. The van der Waals surface area contributed by atoms with Crippen LogP contribution >= 0.6 is 11.3 Å². The van der Waals surface area contributed by atoms with Crippen LogP contribution in [-0.2, 0) is 0 Å². The number of amides is 1. The number of carbonyl (C=O) groups is 1. The molecule has 0 N–H and O–H groups in total. The molecule has 1 atom stereocenters. The Labute approximate surface area is 150 Å². The van der Waals surface area contributed by atoms with E-state index in [2.05, 4.69) is 4.98 Å². The monoisotopic (exact) mass is 356 g/mol. The maximum absolute atomic E-state index is 12.9. The van der Waals surface area contributed by atoms with Crippen LogP contribution in [-0.4, -0.2) is 37.1 Å². The highest BCUT2D eigenvalue weighted by atomic mass is 32.1. The lowest BCUT2D eigenvalue weighted by Gasteiger charge is -2.23. The van der Waals surface area contributed by atoms with Gasteiger partial charge < -0.3 is 14.4 Å². The highest BCUT2D eigenvalue weighted by Crippen LogP contribution is 2.30. The topological polar surface area (TPSA) is 51.7 Å². The number of para-hydroxylation sites is 1. The van der Waals surface area contributed by atoms with Crippen LogP contribution in [0.15, 0.2) is 42.5 Å². The van der Waals surface area contributed by atoms with Crippen molar-refractivity contribution in [3.05, 3.63) is 53.0 Å². The summed E-state index contributed by atoms with van der Waals surface area (Å²) in [6, 6.07) is 13.0. The lowest BCUT2D eigenvalue weighted by Crippen LogP contribution is -2.29. The van der Waals surface area contributed by atoms with Crippen LogP contribution in [0.3, 0.4) is 0 Å². The minimum atomic E-state index is -0.137. The molecular formula is C19H20N2O3S. The number of carbonyl (C=O) groups excluding carboxylic acids is 1. The van der Waals surface area contributed by atoms with Gasteiger partial charge in [0.05, 0.1) is 30.5 Å². The molecule has 0 aliphatic heterocycles. The van der Waals surface area contributed by atoms with Gasteiger partial charge in [-0.2, -0.15) is 0 Å². The summed E-state index contributed by atoms with van der Waals surface area (Å²) >= 11 is 1.61. The van der Waals surface area contributed by atoms with Crippen LogP contribution in [0.25, 0.3) is 10.2 Å².